The molecule has 0 spiro atoms. The molecule has 2 aliphatic heterocycles. The molecule has 0 aliphatic carbocycles. The zero-order valence-electron chi connectivity index (χ0n) is 12.8. The maximum Gasteiger partial charge on any atom is 0.326 e. The number of hydrogen-bond donors (Lipinski definition) is 1. The molecule has 0 radical (unpaired) electrons. The number of aromatic amines is 1. The van der Waals surface area contributed by atoms with Crippen LogP contribution < -0.4 is 5.69 Å². The van der Waals surface area contributed by atoms with Crippen LogP contribution in [0.1, 0.15) is 25.7 Å². The second kappa shape index (κ2) is 5.32. The maximum absolute atomic E-state index is 11.8. The van der Waals surface area contributed by atoms with E-state index in [1.165, 1.54) is 25.7 Å². The van der Waals surface area contributed by atoms with Gasteiger partial charge in [0.2, 0.25) is 0 Å². The summed E-state index contributed by atoms with van der Waals surface area (Å²) in [5.74, 6) is 0. The average molecular weight is 338 g/mol. The third kappa shape index (κ3) is 2.22. The summed E-state index contributed by atoms with van der Waals surface area (Å²) in [6.07, 6.45) is 5.13. The minimum atomic E-state index is -0.114. The van der Waals surface area contributed by atoms with Gasteiger partial charge < -0.3 is 9.88 Å². The number of benzene rings is 1. The second-order valence-electron chi connectivity index (χ2n) is 6.52. The van der Waals surface area contributed by atoms with Gasteiger partial charge in [-0.05, 0) is 44.9 Å². The smallest absolute Gasteiger partial charge is 0.305 e. The highest BCUT2D eigenvalue weighted by Gasteiger charge is 2.38. The Labute approximate surface area is 138 Å². The van der Waals surface area contributed by atoms with E-state index in [1.54, 1.807) is 11.6 Å². The predicted molar refractivity (Wildman–Crippen MR) is 92.0 cm³/mol. The van der Waals surface area contributed by atoms with Crippen LogP contribution in [-0.4, -0.2) is 38.8 Å². The average Bonchev–Trinajstić information content (AvgIpc) is 2.88. The number of aromatic nitrogens is 2. The van der Waals surface area contributed by atoms with Crippen LogP contribution in [0, 0.1) is 0 Å². The topological polar surface area (TPSA) is 41.0 Å². The monoisotopic (exact) mass is 337 g/mol. The Morgan fingerprint density at radius 1 is 1.23 bits per heavy atom. The van der Waals surface area contributed by atoms with Gasteiger partial charge in [0.15, 0.2) is 0 Å². The van der Waals surface area contributed by atoms with Crippen LogP contribution in [-0.2, 0) is 7.05 Å². The molecule has 3 heterocycles. The first-order valence-corrected chi connectivity index (χ1v) is 9.06. The number of hydrogen-bond acceptors (Lipinski definition) is 3. The van der Waals surface area contributed by atoms with Crippen molar-refractivity contribution in [3.8, 4) is 0 Å². The van der Waals surface area contributed by atoms with Gasteiger partial charge in [-0.1, -0.05) is 11.6 Å². The van der Waals surface area contributed by atoms with E-state index in [2.05, 4.69) is 16.9 Å². The molecule has 0 saturated carbocycles. The molecule has 4 nitrogen and oxygen atoms in total. The first-order valence-electron chi connectivity index (χ1n) is 7.80. The standard InChI is InChI=1S/C16H20ClN3OS/c1-19-9-3-4-10(19)8-11(7-9)22-13-6-5-12-15(14(13)17)20(2)16(21)18-12/h5-6,9-11H,3-4,7-8H2,1-2H3,(H,18,21). The highest BCUT2D eigenvalue weighted by Crippen LogP contribution is 2.43. The number of aryl methyl sites for hydroxylation is 1. The number of piperidine rings is 1. The number of H-pyrrole nitrogens is 1. The first kappa shape index (κ1) is 14.7. The Hall–Kier alpha value is -0.910. The molecule has 4 rings (SSSR count). The van der Waals surface area contributed by atoms with Crippen molar-refractivity contribution in [3.63, 3.8) is 0 Å². The highest BCUT2D eigenvalue weighted by atomic mass is 35.5. The van der Waals surface area contributed by atoms with Gasteiger partial charge in [-0.3, -0.25) is 4.57 Å². The number of nitrogens with one attached hydrogen (secondary N) is 1. The Bertz CT molecular complexity index is 770. The molecule has 1 N–H and O–H groups in total. The number of halogens is 1. The second-order valence-corrected chi connectivity index (χ2v) is 8.24. The van der Waals surface area contributed by atoms with Gasteiger partial charge in [0.1, 0.15) is 0 Å². The van der Waals surface area contributed by atoms with E-state index in [9.17, 15) is 4.79 Å². The number of thioether (sulfide) groups is 1. The zero-order chi connectivity index (χ0) is 15.4. The molecule has 2 aliphatic rings. The molecule has 2 bridgehead atoms. The molecule has 2 unspecified atom stereocenters. The van der Waals surface area contributed by atoms with Crippen molar-refractivity contribution in [3.05, 3.63) is 27.6 Å². The molecular weight excluding hydrogens is 318 g/mol. The van der Waals surface area contributed by atoms with Crippen molar-refractivity contribution in [2.45, 2.75) is 47.9 Å². The summed E-state index contributed by atoms with van der Waals surface area (Å²) in [6.45, 7) is 0. The Kier molecular flexibility index (Phi) is 3.55. The van der Waals surface area contributed by atoms with Gasteiger partial charge >= 0.3 is 5.69 Å². The minimum absolute atomic E-state index is 0.114. The lowest BCUT2D eigenvalue weighted by Crippen LogP contribution is -2.40. The van der Waals surface area contributed by atoms with Crippen LogP contribution in [0.4, 0.5) is 0 Å². The lowest BCUT2D eigenvalue weighted by Gasteiger charge is -2.36. The fourth-order valence-corrected chi connectivity index (χ4v) is 5.77. The van der Waals surface area contributed by atoms with Crippen molar-refractivity contribution in [1.29, 1.82) is 0 Å². The SMILES string of the molecule is CN1C2CCC1CC(Sc1ccc3[nH]c(=O)n(C)c3c1Cl)C2. The van der Waals surface area contributed by atoms with Crippen LogP contribution in [0.2, 0.25) is 5.02 Å². The zero-order valence-corrected chi connectivity index (χ0v) is 14.4. The van der Waals surface area contributed by atoms with E-state index in [1.807, 2.05) is 23.9 Å². The summed E-state index contributed by atoms with van der Waals surface area (Å²) in [7, 11) is 4.02. The van der Waals surface area contributed by atoms with Crippen LogP contribution >= 0.6 is 23.4 Å². The lowest BCUT2D eigenvalue weighted by atomic mass is 10.0. The van der Waals surface area contributed by atoms with E-state index in [0.717, 1.165) is 28.0 Å². The molecule has 0 amide bonds. The van der Waals surface area contributed by atoms with Gasteiger partial charge in [-0.25, -0.2) is 4.79 Å². The van der Waals surface area contributed by atoms with E-state index in [-0.39, 0.29) is 5.69 Å². The normalized spacial score (nSPS) is 28.6. The predicted octanol–water partition coefficient (Wildman–Crippen LogP) is 3.24. The number of nitrogens with zero attached hydrogens (tertiary/aromatic N) is 2. The fourth-order valence-electron chi connectivity index (χ4n) is 4.00. The van der Waals surface area contributed by atoms with Gasteiger partial charge in [0.05, 0.1) is 16.1 Å². The molecule has 1 aromatic carbocycles. The summed E-state index contributed by atoms with van der Waals surface area (Å²) in [4.78, 5) is 18.2. The van der Waals surface area contributed by atoms with Crippen molar-refractivity contribution >= 4 is 34.4 Å². The molecule has 2 aromatic rings. The largest absolute Gasteiger partial charge is 0.326 e. The van der Waals surface area contributed by atoms with Crippen molar-refractivity contribution < 1.29 is 0 Å². The van der Waals surface area contributed by atoms with Crippen LogP contribution in [0.15, 0.2) is 21.8 Å². The summed E-state index contributed by atoms with van der Waals surface area (Å²) in [5, 5.41) is 1.33. The van der Waals surface area contributed by atoms with E-state index < -0.39 is 0 Å². The molecule has 118 valence electrons. The highest BCUT2D eigenvalue weighted by molar-refractivity contribution is 8.00. The number of fused-ring (bicyclic) bond motifs is 3. The summed E-state index contributed by atoms with van der Waals surface area (Å²) in [5.41, 5.74) is 1.51. The first-order chi connectivity index (χ1) is 10.5. The van der Waals surface area contributed by atoms with Crippen LogP contribution in [0.5, 0.6) is 0 Å². The Balaban J connectivity index is 1.64. The molecule has 22 heavy (non-hydrogen) atoms. The van der Waals surface area contributed by atoms with Crippen LogP contribution in [0.3, 0.4) is 0 Å². The number of rotatable bonds is 2. The summed E-state index contributed by atoms with van der Waals surface area (Å²) >= 11 is 8.47. The Morgan fingerprint density at radius 2 is 1.91 bits per heavy atom. The molecule has 2 saturated heterocycles. The van der Waals surface area contributed by atoms with E-state index in [0.29, 0.717) is 10.3 Å². The Morgan fingerprint density at radius 3 is 2.59 bits per heavy atom. The van der Waals surface area contributed by atoms with Crippen molar-refractivity contribution in [2.24, 2.45) is 7.05 Å². The number of imidazole rings is 1. The fraction of sp³-hybridized carbons (Fsp3) is 0.562. The third-order valence-corrected chi connectivity index (χ3v) is 7.12. The van der Waals surface area contributed by atoms with Crippen LogP contribution in [0.25, 0.3) is 11.0 Å². The van der Waals surface area contributed by atoms with E-state index >= 15 is 0 Å². The third-order valence-electron chi connectivity index (χ3n) is 5.31. The minimum Gasteiger partial charge on any atom is -0.305 e. The molecule has 6 heteroatoms. The van der Waals surface area contributed by atoms with Gasteiger partial charge in [0, 0.05) is 29.3 Å². The van der Waals surface area contributed by atoms with Crippen molar-refractivity contribution in [2.75, 3.05) is 7.05 Å². The quantitative estimate of drug-likeness (QED) is 0.914. The molecular formula is C16H20ClN3OS. The molecule has 1 aromatic heterocycles. The van der Waals surface area contributed by atoms with Gasteiger partial charge in [-0.2, -0.15) is 0 Å². The van der Waals surface area contributed by atoms with Gasteiger partial charge in [-0.15, -0.1) is 11.8 Å². The molecule has 2 atom stereocenters. The maximum atomic E-state index is 11.8. The molecule has 2 fully saturated rings. The van der Waals surface area contributed by atoms with E-state index in [4.69, 9.17) is 11.6 Å². The van der Waals surface area contributed by atoms with Gasteiger partial charge in [0.25, 0.3) is 0 Å². The van der Waals surface area contributed by atoms with Crippen molar-refractivity contribution in [1.82, 2.24) is 14.5 Å². The lowest BCUT2D eigenvalue weighted by molar-refractivity contribution is 0.183. The summed E-state index contributed by atoms with van der Waals surface area (Å²) in [6, 6.07) is 5.48. The summed E-state index contributed by atoms with van der Waals surface area (Å²) < 4.78 is 1.60.